The highest BCUT2D eigenvalue weighted by Gasteiger charge is 2.48. The van der Waals surface area contributed by atoms with E-state index in [0.717, 1.165) is 19.3 Å². The van der Waals surface area contributed by atoms with Crippen LogP contribution in [-0.2, 0) is 11.3 Å². The number of benzene rings is 1. The summed E-state index contributed by atoms with van der Waals surface area (Å²) in [5.41, 5.74) is 12.9. The van der Waals surface area contributed by atoms with Crippen LogP contribution in [-0.4, -0.2) is 44.9 Å². The van der Waals surface area contributed by atoms with Gasteiger partial charge in [0.15, 0.2) is 11.5 Å². The number of rotatable bonds is 4. The molecule has 0 atom stereocenters. The van der Waals surface area contributed by atoms with E-state index in [0.29, 0.717) is 46.9 Å². The topological polar surface area (TPSA) is 134 Å². The first-order valence-corrected chi connectivity index (χ1v) is 9.49. The fourth-order valence-electron chi connectivity index (χ4n) is 4.53. The van der Waals surface area contributed by atoms with Crippen molar-refractivity contribution in [3.63, 3.8) is 0 Å². The Morgan fingerprint density at radius 1 is 1.00 bits per heavy atom. The molecule has 4 rings (SSSR count). The first kappa shape index (κ1) is 19.2. The summed E-state index contributed by atoms with van der Waals surface area (Å²) >= 11 is 0. The van der Waals surface area contributed by atoms with E-state index in [2.05, 4.69) is 9.98 Å². The van der Waals surface area contributed by atoms with Gasteiger partial charge in [-0.2, -0.15) is 4.99 Å². The number of nitrogens with zero attached hydrogens (tertiary/aromatic N) is 3. The maximum absolute atomic E-state index is 12.8. The van der Waals surface area contributed by atoms with E-state index in [-0.39, 0.29) is 18.5 Å². The van der Waals surface area contributed by atoms with Gasteiger partial charge in [0.2, 0.25) is 17.7 Å². The second kappa shape index (κ2) is 7.02. The maximum atomic E-state index is 12.8. The molecule has 1 spiro atoms. The average Bonchev–Trinajstić information content (AvgIpc) is 3.08. The third kappa shape index (κ3) is 2.73. The van der Waals surface area contributed by atoms with Crippen molar-refractivity contribution in [2.45, 2.75) is 44.4 Å². The fraction of sp³-hybridized carbons (Fsp3) is 0.526. The molecule has 4 N–H and O–H groups in total. The predicted molar refractivity (Wildman–Crippen MR) is 107 cm³/mol. The molecule has 156 valence electrons. The molecule has 29 heavy (non-hydrogen) atoms. The number of cyclic esters (lactones) is 1. The third-order valence-corrected chi connectivity index (χ3v) is 5.68. The van der Waals surface area contributed by atoms with E-state index in [4.69, 9.17) is 30.4 Å². The first-order chi connectivity index (χ1) is 14.0. The van der Waals surface area contributed by atoms with Crippen LogP contribution in [0.3, 0.4) is 0 Å². The fourth-order valence-corrected chi connectivity index (χ4v) is 4.53. The van der Waals surface area contributed by atoms with Gasteiger partial charge in [0.25, 0.3) is 0 Å². The molecule has 0 bridgehead atoms. The number of methoxy groups -OCH3 is 3. The van der Waals surface area contributed by atoms with Crippen LogP contribution in [0.5, 0.6) is 17.2 Å². The van der Waals surface area contributed by atoms with Gasteiger partial charge in [0.1, 0.15) is 18.0 Å². The largest absolute Gasteiger partial charge is 0.492 e. The number of nitrogens with two attached hydrogens (primary N) is 2. The molecular weight excluding hydrogens is 378 g/mol. The Bertz CT molecular complexity index is 920. The molecule has 1 saturated carbocycles. The van der Waals surface area contributed by atoms with Gasteiger partial charge < -0.3 is 30.4 Å². The monoisotopic (exact) mass is 403 g/mol. The Kier molecular flexibility index (Phi) is 4.64. The lowest BCUT2D eigenvalue weighted by atomic mass is 9.86. The molecule has 0 unspecified atom stereocenters. The quantitative estimate of drug-likeness (QED) is 0.722. The SMILES string of the molecule is COc1c2c(c(N3C(N)=NC(N)=NC34CCCCC4)c(OC)c1OC)C(=O)OC2. The zero-order chi connectivity index (χ0) is 20.8. The highest BCUT2D eigenvalue weighted by atomic mass is 16.5. The summed E-state index contributed by atoms with van der Waals surface area (Å²) < 4.78 is 22.2. The van der Waals surface area contributed by atoms with Gasteiger partial charge in [0, 0.05) is 0 Å². The second-order valence-electron chi connectivity index (χ2n) is 7.20. The van der Waals surface area contributed by atoms with Gasteiger partial charge in [-0.25, -0.2) is 9.79 Å². The molecule has 0 radical (unpaired) electrons. The molecule has 10 nitrogen and oxygen atoms in total. The van der Waals surface area contributed by atoms with Crippen LogP contribution in [0.4, 0.5) is 5.69 Å². The highest BCUT2D eigenvalue weighted by molar-refractivity contribution is 6.12. The molecule has 0 amide bonds. The van der Waals surface area contributed by atoms with Crippen molar-refractivity contribution in [3.05, 3.63) is 11.1 Å². The maximum Gasteiger partial charge on any atom is 0.341 e. The number of carbonyl (C=O) groups is 1. The number of esters is 1. The number of anilines is 1. The average molecular weight is 403 g/mol. The Balaban J connectivity index is 2.05. The summed E-state index contributed by atoms with van der Waals surface area (Å²) in [6.45, 7) is 0.0635. The number of carbonyl (C=O) groups excluding carboxylic acids is 1. The van der Waals surface area contributed by atoms with Crippen LogP contribution in [0.2, 0.25) is 0 Å². The van der Waals surface area contributed by atoms with Gasteiger partial charge in [-0.3, -0.25) is 4.90 Å². The van der Waals surface area contributed by atoms with Crippen molar-refractivity contribution in [1.82, 2.24) is 0 Å². The summed E-state index contributed by atoms with van der Waals surface area (Å²) in [7, 11) is 4.51. The third-order valence-electron chi connectivity index (χ3n) is 5.68. The molecule has 1 fully saturated rings. The Morgan fingerprint density at radius 2 is 1.66 bits per heavy atom. The van der Waals surface area contributed by atoms with Gasteiger partial charge >= 0.3 is 5.97 Å². The first-order valence-electron chi connectivity index (χ1n) is 9.49. The van der Waals surface area contributed by atoms with Crippen LogP contribution in [0.1, 0.15) is 48.0 Å². The smallest absolute Gasteiger partial charge is 0.341 e. The molecular formula is C19H25N5O5. The standard InChI is InChI=1S/C19H25N5O5/c1-26-13-10-9-29-16(25)11(10)12(14(27-2)15(13)28-3)24-18(21)22-17(20)23-19(24)7-5-4-6-8-19/h4-9H2,1-3H3,(H4,20,21,22,23). The van der Waals surface area contributed by atoms with Crippen LogP contribution < -0.4 is 30.6 Å². The lowest BCUT2D eigenvalue weighted by molar-refractivity contribution is 0.0534. The van der Waals surface area contributed by atoms with Crippen LogP contribution >= 0.6 is 0 Å². The summed E-state index contributed by atoms with van der Waals surface area (Å²) in [6.07, 6.45) is 4.41. The lowest BCUT2D eigenvalue weighted by Gasteiger charge is -2.46. The predicted octanol–water partition coefficient (Wildman–Crippen LogP) is 1.49. The van der Waals surface area contributed by atoms with Crippen LogP contribution in [0.25, 0.3) is 0 Å². The minimum atomic E-state index is -0.752. The molecule has 3 aliphatic rings. The number of aliphatic imine (C=N–C) groups is 2. The van der Waals surface area contributed by atoms with E-state index in [1.807, 2.05) is 0 Å². The molecule has 2 heterocycles. The van der Waals surface area contributed by atoms with Gasteiger partial charge in [-0.15, -0.1) is 0 Å². The van der Waals surface area contributed by atoms with Crippen molar-refractivity contribution < 1.29 is 23.7 Å². The zero-order valence-corrected chi connectivity index (χ0v) is 16.8. The van der Waals surface area contributed by atoms with Crippen molar-refractivity contribution in [3.8, 4) is 17.2 Å². The minimum absolute atomic E-state index is 0.0635. The molecule has 1 aromatic rings. The normalized spacial score (nSPS) is 20.0. The van der Waals surface area contributed by atoms with Crippen LogP contribution in [0.15, 0.2) is 9.98 Å². The van der Waals surface area contributed by atoms with Crippen molar-refractivity contribution >= 4 is 23.6 Å². The number of fused-ring (bicyclic) bond motifs is 1. The Morgan fingerprint density at radius 3 is 2.28 bits per heavy atom. The number of hydrogen-bond acceptors (Lipinski definition) is 10. The van der Waals surface area contributed by atoms with Crippen LogP contribution in [0, 0.1) is 0 Å². The van der Waals surface area contributed by atoms with E-state index >= 15 is 0 Å². The number of guanidine groups is 2. The van der Waals surface area contributed by atoms with E-state index in [1.165, 1.54) is 21.3 Å². The molecule has 1 aromatic carbocycles. The lowest BCUT2D eigenvalue weighted by Crippen LogP contribution is -2.58. The summed E-state index contributed by atoms with van der Waals surface area (Å²) in [5, 5.41) is 0. The molecule has 0 saturated heterocycles. The van der Waals surface area contributed by atoms with E-state index in [1.54, 1.807) is 4.90 Å². The number of ether oxygens (including phenoxy) is 4. The molecule has 2 aliphatic heterocycles. The summed E-state index contributed by atoms with van der Waals surface area (Å²) in [6, 6.07) is 0. The van der Waals surface area contributed by atoms with Gasteiger partial charge in [-0.05, 0) is 25.7 Å². The summed E-state index contributed by atoms with van der Waals surface area (Å²) in [5.74, 6) is 0.827. The minimum Gasteiger partial charge on any atom is -0.492 e. The number of hydrogen-bond donors (Lipinski definition) is 2. The zero-order valence-electron chi connectivity index (χ0n) is 16.8. The molecule has 0 aromatic heterocycles. The van der Waals surface area contributed by atoms with Gasteiger partial charge in [0.05, 0.1) is 32.5 Å². The Hall–Kier alpha value is -3.17. The molecule has 1 aliphatic carbocycles. The van der Waals surface area contributed by atoms with Crippen molar-refractivity contribution in [2.75, 3.05) is 26.2 Å². The second-order valence-corrected chi connectivity index (χ2v) is 7.20. The van der Waals surface area contributed by atoms with E-state index in [9.17, 15) is 4.79 Å². The highest BCUT2D eigenvalue weighted by Crippen LogP contribution is 2.54. The summed E-state index contributed by atoms with van der Waals surface area (Å²) in [4.78, 5) is 23.4. The van der Waals surface area contributed by atoms with Crippen molar-refractivity contribution in [1.29, 1.82) is 0 Å². The van der Waals surface area contributed by atoms with Crippen molar-refractivity contribution in [2.24, 2.45) is 21.5 Å². The van der Waals surface area contributed by atoms with E-state index < -0.39 is 11.6 Å². The molecule has 10 heteroatoms. The Labute approximate surface area is 168 Å². The van der Waals surface area contributed by atoms with Gasteiger partial charge in [-0.1, -0.05) is 6.42 Å².